The maximum atomic E-state index is 12.7. The number of amides is 3. The predicted octanol–water partition coefficient (Wildman–Crippen LogP) is 1.78. The number of nitrogens with one attached hydrogen (secondary N) is 1. The van der Waals surface area contributed by atoms with Crippen LogP contribution in [0.25, 0.3) is 0 Å². The number of rotatable bonds is 4. The van der Waals surface area contributed by atoms with E-state index in [1.807, 2.05) is 0 Å². The molecule has 122 valence electrons. The Bertz CT molecular complexity index is 810. The first-order valence-electron chi connectivity index (χ1n) is 7.11. The first kappa shape index (κ1) is 16.1. The van der Waals surface area contributed by atoms with Crippen molar-refractivity contribution in [3.8, 4) is 0 Å². The summed E-state index contributed by atoms with van der Waals surface area (Å²) in [5, 5.41) is 3.07. The largest absolute Gasteiger partial charge is 0.325 e. The molecule has 2 aromatic rings. The van der Waals surface area contributed by atoms with Crippen LogP contribution in [0.15, 0.2) is 42.9 Å². The van der Waals surface area contributed by atoms with E-state index in [0.717, 1.165) is 4.90 Å². The van der Waals surface area contributed by atoms with Crippen LogP contribution in [0.2, 0.25) is 5.02 Å². The molecule has 1 fully saturated rings. The monoisotopic (exact) mass is 344 g/mol. The number of urea groups is 1. The molecule has 0 radical (unpaired) electrons. The molecular weight excluding hydrogens is 332 g/mol. The fourth-order valence-electron chi connectivity index (χ4n) is 2.44. The van der Waals surface area contributed by atoms with Gasteiger partial charge in [-0.25, -0.2) is 4.79 Å². The van der Waals surface area contributed by atoms with E-state index in [1.54, 1.807) is 24.3 Å². The molecule has 1 atom stereocenters. The standard InChI is InChI=1S/C16H13ClN4O3/c1-16(13-8-18-6-7-19-13)14(23)21(15(24)20-16)9-12(22)10-2-4-11(17)5-3-10/h2-8H,9H2,1H3,(H,20,24). The first-order valence-corrected chi connectivity index (χ1v) is 7.49. The minimum absolute atomic E-state index is 0.310. The average molecular weight is 345 g/mol. The lowest BCUT2D eigenvalue weighted by molar-refractivity contribution is -0.130. The SMILES string of the molecule is CC1(c2cnccn2)NC(=O)N(CC(=O)c2ccc(Cl)cc2)C1=O. The number of hydrogen-bond acceptors (Lipinski definition) is 5. The molecule has 0 spiro atoms. The molecule has 1 aromatic heterocycles. The Morgan fingerprint density at radius 3 is 2.58 bits per heavy atom. The third kappa shape index (κ3) is 2.74. The molecule has 8 heteroatoms. The molecule has 1 unspecified atom stereocenters. The third-order valence-corrected chi connectivity index (χ3v) is 4.07. The van der Waals surface area contributed by atoms with E-state index >= 15 is 0 Å². The second-order valence-electron chi connectivity index (χ2n) is 5.47. The van der Waals surface area contributed by atoms with Crippen molar-refractivity contribution >= 4 is 29.3 Å². The quantitative estimate of drug-likeness (QED) is 0.674. The summed E-state index contributed by atoms with van der Waals surface area (Å²) in [6, 6.07) is 5.60. The summed E-state index contributed by atoms with van der Waals surface area (Å²) in [4.78, 5) is 46.0. The van der Waals surface area contributed by atoms with Gasteiger partial charge in [0.05, 0.1) is 18.4 Å². The number of carbonyl (C=O) groups excluding carboxylic acids is 3. The van der Waals surface area contributed by atoms with E-state index in [-0.39, 0.29) is 12.3 Å². The fraction of sp³-hybridized carbons (Fsp3) is 0.188. The summed E-state index contributed by atoms with van der Waals surface area (Å²) in [5.74, 6) is -0.908. The summed E-state index contributed by atoms with van der Waals surface area (Å²) >= 11 is 5.79. The van der Waals surface area contributed by atoms with E-state index in [9.17, 15) is 14.4 Å². The number of ketones is 1. The summed E-state index contributed by atoms with van der Waals surface area (Å²) in [6.07, 6.45) is 4.31. The smallest absolute Gasteiger partial charge is 0.318 e. The number of benzene rings is 1. The summed E-state index contributed by atoms with van der Waals surface area (Å²) in [7, 11) is 0. The van der Waals surface area contributed by atoms with E-state index in [4.69, 9.17) is 11.6 Å². The molecule has 1 N–H and O–H groups in total. The van der Waals surface area contributed by atoms with Crippen molar-refractivity contribution < 1.29 is 14.4 Å². The highest BCUT2D eigenvalue weighted by molar-refractivity contribution is 6.30. The Kier molecular flexibility index (Phi) is 4.02. The van der Waals surface area contributed by atoms with E-state index in [0.29, 0.717) is 16.3 Å². The maximum Gasteiger partial charge on any atom is 0.325 e. The van der Waals surface area contributed by atoms with Crippen LogP contribution in [-0.2, 0) is 10.3 Å². The highest BCUT2D eigenvalue weighted by Crippen LogP contribution is 2.27. The number of Topliss-reactive ketones (excluding diaryl/α,β-unsaturated/α-hetero) is 1. The van der Waals surface area contributed by atoms with Gasteiger partial charge in [-0.3, -0.25) is 24.5 Å². The van der Waals surface area contributed by atoms with E-state index in [2.05, 4.69) is 15.3 Å². The third-order valence-electron chi connectivity index (χ3n) is 3.82. The maximum absolute atomic E-state index is 12.7. The van der Waals surface area contributed by atoms with Gasteiger partial charge in [-0.2, -0.15) is 0 Å². The number of aromatic nitrogens is 2. The van der Waals surface area contributed by atoms with Gasteiger partial charge in [-0.05, 0) is 31.2 Å². The van der Waals surface area contributed by atoms with Gasteiger partial charge in [-0.1, -0.05) is 11.6 Å². The zero-order valence-electron chi connectivity index (χ0n) is 12.7. The van der Waals surface area contributed by atoms with Gasteiger partial charge >= 0.3 is 6.03 Å². The van der Waals surface area contributed by atoms with Crippen LogP contribution >= 0.6 is 11.6 Å². The molecule has 2 heterocycles. The zero-order valence-corrected chi connectivity index (χ0v) is 13.4. The van der Waals surface area contributed by atoms with E-state index < -0.39 is 17.5 Å². The van der Waals surface area contributed by atoms with Crippen LogP contribution in [0.4, 0.5) is 4.79 Å². The lowest BCUT2D eigenvalue weighted by Gasteiger charge is -2.20. The van der Waals surface area contributed by atoms with Crippen molar-refractivity contribution in [2.24, 2.45) is 0 Å². The van der Waals surface area contributed by atoms with Crippen LogP contribution < -0.4 is 5.32 Å². The van der Waals surface area contributed by atoms with Crippen molar-refractivity contribution in [1.82, 2.24) is 20.2 Å². The Morgan fingerprint density at radius 2 is 1.96 bits per heavy atom. The minimum atomic E-state index is -1.34. The first-order chi connectivity index (χ1) is 11.4. The number of carbonyl (C=O) groups is 3. The molecule has 24 heavy (non-hydrogen) atoms. The molecule has 3 amide bonds. The Morgan fingerprint density at radius 1 is 1.25 bits per heavy atom. The average Bonchev–Trinajstić information content (AvgIpc) is 2.80. The topological polar surface area (TPSA) is 92.3 Å². The molecule has 0 saturated carbocycles. The molecule has 1 aliphatic heterocycles. The molecule has 1 saturated heterocycles. The van der Waals surface area contributed by atoms with Gasteiger partial charge < -0.3 is 5.32 Å². The molecule has 1 aliphatic rings. The van der Waals surface area contributed by atoms with Crippen molar-refractivity contribution in [1.29, 1.82) is 0 Å². The summed E-state index contributed by atoms with van der Waals surface area (Å²) in [5.41, 5.74) is -0.663. The highest BCUT2D eigenvalue weighted by Gasteiger charge is 2.50. The number of nitrogens with zero attached hydrogens (tertiary/aromatic N) is 3. The molecule has 1 aromatic carbocycles. The predicted molar refractivity (Wildman–Crippen MR) is 85.4 cm³/mol. The Balaban J connectivity index is 1.82. The van der Waals surface area contributed by atoms with Gasteiger partial charge in [-0.15, -0.1) is 0 Å². The van der Waals surface area contributed by atoms with Gasteiger partial charge in [0.1, 0.15) is 0 Å². The number of hydrogen-bond donors (Lipinski definition) is 1. The van der Waals surface area contributed by atoms with Crippen molar-refractivity contribution in [3.63, 3.8) is 0 Å². The minimum Gasteiger partial charge on any atom is -0.318 e. The van der Waals surface area contributed by atoms with Crippen molar-refractivity contribution in [2.75, 3.05) is 6.54 Å². The number of imide groups is 1. The summed E-state index contributed by atoms with van der Waals surface area (Å²) < 4.78 is 0. The normalized spacial score (nSPS) is 20.2. The van der Waals surface area contributed by atoms with Crippen LogP contribution in [0, 0.1) is 0 Å². The van der Waals surface area contributed by atoms with Gasteiger partial charge in [0.25, 0.3) is 5.91 Å². The fourth-order valence-corrected chi connectivity index (χ4v) is 2.57. The van der Waals surface area contributed by atoms with Crippen LogP contribution in [0.1, 0.15) is 23.0 Å². The molecule has 0 aliphatic carbocycles. The van der Waals surface area contributed by atoms with E-state index in [1.165, 1.54) is 25.5 Å². The second kappa shape index (κ2) is 6.01. The highest BCUT2D eigenvalue weighted by atomic mass is 35.5. The van der Waals surface area contributed by atoms with Crippen LogP contribution in [0.3, 0.4) is 0 Å². The molecule has 0 bridgehead atoms. The van der Waals surface area contributed by atoms with Gasteiger partial charge in [0.2, 0.25) is 0 Å². The Hall–Kier alpha value is -2.80. The van der Waals surface area contributed by atoms with Crippen molar-refractivity contribution in [2.45, 2.75) is 12.5 Å². The van der Waals surface area contributed by atoms with Gasteiger partial charge in [0, 0.05) is 23.0 Å². The lowest BCUT2D eigenvalue weighted by Crippen LogP contribution is -2.42. The number of halogens is 1. The molecule has 3 rings (SSSR count). The second-order valence-corrected chi connectivity index (χ2v) is 5.90. The zero-order chi connectivity index (χ0) is 17.3. The van der Waals surface area contributed by atoms with Crippen molar-refractivity contribution in [3.05, 3.63) is 59.1 Å². The van der Waals surface area contributed by atoms with Crippen LogP contribution in [-0.4, -0.2) is 39.1 Å². The lowest BCUT2D eigenvalue weighted by atomic mass is 9.98. The Labute approximate surface area is 142 Å². The summed E-state index contributed by atoms with van der Waals surface area (Å²) in [6.45, 7) is 1.17. The molecule has 7 nitrogen and oxygen atoms in total. The van der Waals surface area contributed by atoms with Gasteiger partial charge in [0.15, 0.2) is 11.3 Å². The van der Waals surface area contributed by atoms with Crippen LogP contribution in [0.5, 0.6) is 0 Å². The molecular formula is C16H13ClN4O3.